The number of amides is 1. The molecule has 0 aliphatic rings. The number of rotatable bonds is 2. The fraction of sp³-hybridized carbons (Fsp3) is 0.0769. The SMILES string of the molecule is Cc1ccc(Br)c(NC(=O)c2ccnc(Br)c2)c1. The number of benzene rings is 1. The van der Waals surface area contributed by atoms with E-state index in [1.807, 2.05) is 25.1 Å². The second kappa shape index (κ2) is 5.63. The highest BCUT2D eigenvalue weighted by Crippen LogP contribution is 2.24. The van der Waals surface area contributed by atoms with E-state index in [-0.39, 0.29) is 5.91 Å². The Morgan fingerprint density at radius 1 is 1.22 bits per heavy atom. The average Bonchev–Trinajstić information content (AvgIpc) is 2.34. The van der Waals surface area contributed by atoms with E-state index < -0.39 is 0 Å². The number of halogens is 2. The summed E-state index contributed by atoms with van der Waals surface area (Å²) in [5.74, 6) is -0.163. The molecule has 0 fully saturated rings. The van der Waals surface area contributed by atoms with Gasteiger partial charge >= 0.3 is 0 Å². The predicted octanol–water partition coefficient (Wildman–Crippen LogP) is 4.17. The van der Waals surface area contributed by atoms with Gasteiger partial charge in [0.15, 0.2) is 0 Å². The Bertz CT molecular complexity index is 599. The molecule has 0 spiro atoms. The van der Waals surface area contributed by atoms with Gasteiger partial charge in [-0.3, -0.25) is 4.79 Å². The molecule has 3 nitrogen and oxygen atoms in total. The van der Waals surface area contributed by atoms with E-state index in [1.54, 1.807) is 18.3 Å². The van der Waals surface area contributed by atoms with E-state index >= 15 is 0 Å². The molecule has 1 amide bonds. The molecule has 1 aromatic heterocycles. The molecule has 0 atom stereocenters. The largest absolute Gasteiger partial charge is 0.321 e. The molecular formula is C13H10Br2N2O. The number of hydrogen-bond acceptors (Lipinski definition) is 2. The Morgan fingerprint density at radius 3 is 2.72 bits per heavy atom. The van der Waals surface area contributed by atoms with Crippen LogP contribution in [-0.4, -0.2) is 10.9 Å². The summed E-state index contributed by atoms with van der Waals surface area (Å²) in [5, 5.41) is 2.86. The number of carbonyl (C=O) groups is 1. The first kappa shape index (κ1) is 13.2. The van der Waals surface area contributed by atoms with Crippen molar-refractivity contribution >= 4 is 43.5 Å². The zero-order valence-corrected chi connectivity index (χ0v) is 12.7. The Kier molecular flexibility index (Phi) is 4.14. The molecule has 2 aromatic rings. The average molecular weight is 370 g/mol. The van der Waals surface area contributed by atoms with Gasteiger partial charge in [0.2, 0.25) is 0 Å². The summed E-state index contributed by atoms with van der Waals surface area (Å²) in [4.78, 5) is 16.0. The van der Waals surface area contributed by atoms with E-state index in [9.17, 15) is 4.79 Å². The van der Waals surface area contributed by atoms with Crippen LogP contribution in [0.4, 0.5) is 5.69 Å². The van der Waals surface area contributed by atoms with Crippen LogP contribution in [0.1, 0.15) is 15.9 Å². The lowest BCUT2D eigenvalue weighted by molar-refractivity contribution is 0.102. The number of nitrogens with one attached hydrogen (secondary N) is 1. The van der Waals surface area contributed by atoms with Crippen LogP contribution in [0.2, 0.25) is 0 Å². The lowest BCUT2D eigenvalue weighted by atomic mass is 10.2. The summed E-state index contributed by atoms with van der Waals surface area (Å²) in [6, 6.07) is 9.15. The van der Waals surface area contributed by atoms with Crippen molar-refractivity contribution in [3.05, 3.63) is 56.7 Å². The number of nitrogens with zero attached hydrogens (tertiary/aromatic N) is 1. The molecule has 0 aliphatic heterocycles. The molecule has 1 N–H and O–H groups in total. The monoisotopic (exact) mass is 368 g/mol. The Morgan fingerprint density at radius 2 is 2.00 bits per heavy atom. The summed E-state index contributed by atoms with van der Waals surface area (Å²) in [6.45, 7) is 1.98. The van der Waals surface area contributed by atoms with Crippen LogP contribution in [0.3, 0.4) is 0 Å². The lowest BCUT2D eigenvalue weighted by Gasteiger charge is -2.08. The van der Waals surface area contributed by atoms with Gasteiger partial charge < -0.3 is 5.32 Å². The first-order valence-electron chi connectivity index (χ1n) is 5.25. The highest BCUT2D eigenvalue weighted by Gasteiger charge is 2.09. The van der Waals surface area contributed by atoms with E-state index in [4.69, 9.17) is 0 Å². The van der Waals surface area contributed by atoms with Gasteiger partial charge in [-0.05, 0) is 68.6 Å². The molecule has 2 rings (SSSR count). The fourth-order valence-corrected chi connectivity index (χ4v) is 2.18. The second-order valence-corrected chi connectivity index (χ2v) is 5.47. The van der Waals surface area contributed by atoms with Crippen molar-refractivity contribution < 1.29 is 4.79 Å². The molecule has 0 aliphatic carbocycles. The number of aryl methyl sites for hydroxylation is 1. The highest BCUT2D eigenvalue weighted by molar-refractivity contribution is 9.10. The van der Waals surface area contributed by atoms with Gasteiger partial charge in [0.1, 0.15) is 4.60 Å². The molecule has 5 heteroatoms. The summed E-state index contributed by atoms with van der Waals surface area (Å²) in [7, 11) is 0. The Hall–Kier alpha value is -1.20. The maximum Gasteiger partial charge on any atom is 0.255 e. The molecule has 0 bridgehead atoms. The minimum atomic E-state index is -0.163. The number of pyridine rings is 1. The third kappa shape index (κ3) is 3.17. The molecule has 0 unspecified atom stereocenters. The normalized spacial score (nSPS) is 10.2. The van der Waals surface area contributed by atoms with Crippen LogP contribution < -0.4 is 5.32 Å². The van der Waals surface area contributed by atoms with Gasteiger partial charge in [-0.2, -0.15) is 0 Å². The van der Waals surface area contributed by atoms with Gasteiger partial charge in [-0.25, -0.2) is 4.98 Å². The summed E-state index contributed by atoms with van der Waals surface area (Å²) in [5.41, 5.74) is 2.41. The highest BCUT2D eigenvalue weighted by atomic mass is 79.9. The third-order valence-electron chi connectivity index (χ3n) is 2.36. The van der Waals surface area contributed by atoms with Gasteiger partial charge in [0, 0.05) is 16.2 Å². The minimum absolute atomic E-state index is 0.163. The zero-order chi connectivity index (χ0) is 13.1. The topological polar surface area (TPSA) is 42.0 Å². The van der Waals surface area contributed by atoms with E-state index in [0.717, 1.165) is 15.7 Å². The summed E-state index contributed by atoms with van der Waals surface area (Å²) in [6.07, 6.45) is 1.59. The molecular weight excluding hydrogens is 360 g/mol. The summed E-state index contributed by atoms with van der Waals surface area (Å²) >= 11 is 6.65. The first-order chi connectivity index (χ1) is 8.56. The molecule has 92 valence electrons. The molecule has 0 radical (unpaired) electrons. The maximum atomic E-state index is 12.0. The van der Waals surface area contributed by atoms with Crippen LogP contribution in [0.5, 0.6) is 0 Å². The third-order valence-corrected chi connectivity index (χ3v) is 3.48. The Balaban J connectivity index is 2.24. The predicted molar refractivity (Wildman–Crippen MR) is 78.8 cm³/mol. The quantitative estimate of drug-likeness (QED) is 0.807. The number of anilines is 1. The van der Waals surface area contributed by atoms with Crippen molar-refractivity contribution in [1.82, 2.24) is 4.98 Å². The molecule has 0 saturated carbocycles. The number of carbonyl (C=O) groups excluding carboxylic acids is 1. The van der Waals surface area contributed by atoms with Gasteiger partial charge in [-0.15, -0.1) is 0 Å². The van der Waals surface area contributed by atoms with Crippen LogP contribution in [0.25, 0.3) is 0 Å². The van der Waals surface area contributed by atoms with Crippen molar-refractivity contribution in [2.75, 3.05) is 5.32 Å². The van der Waals surface area contributed by atoms with E-state index in [1.165, 1.54) is 0 Å². The van der Waals surface area contributed by atoms with E-state index in [0.29, 0.717) is 10.2 Å². The first-order valence-corrected chi connectivity index (χ1v) is 6.84. The van der Waals surface area contributed by atoms with Gasteiger partial charge in [0.25, 0.3) is 5.91 Å². The number of aromatic nitrogens is 1. The van der Waals surface area contributed by atoms with Gasteiger partial charge in [-0.1, -0.05) is 6.07 Å². The van der Waals surface area contributed by atoms with Crippen molar-refractivity contribution in [3.63, 3.8) is 0 Å². The zero-order valence-electron chi connectivity index (χ0n) is 9.58. The molecule has 1 heterocycles. The van der Waals surface area contributed by atoms with Crippen molar-refractivity contribution in [2.24, 2.45) is 0 Å². The van der Waals surface area contributed by atoms with Gasteiger partial charge in [0.05, 0.1) is 5.69 Å². The van der Waals surface area contributed by atoms with Crippen molar-refractivity contribution in [3.8, 4) is 0 Å². The van der Waals surface area contributed by atoms with Crippen molar-refractivity contribution in [2.45, 2.75) is 6.92 Å². The molecule has 0 saturated heterocycles. The molecule has 18 heavy (non-hydrogen) atoms. The van der Waals surface area contributed by atoms with Crippen LogP contribution >= 0.6 is 31.9 Å². The van der Waals surface area contributed by atoms with E-state index in [2.05, 4.69) is 42.2 Å². The molecule has 1 aromatic carbocycles. The number of hydrogen-bond donors (Lipinski definition) is 1. The van der Waals surface area contributed by atoms with Crippen LogP contribution in [0.15, 0.2) is 45.6 Å². The fourth-order valence-electron chi connectivity index (χ4n) is 1.47. The maximum absolute atomic E-state index is 12.0. The van der Waals surface area contributed by atoms with Crippen LogP contribution in [0, 0.1) is 6.92 Å². The smallest absolute Gasteiger partial charge is 0.255 e. The Labute approximate surface area is 122 Å². The summed E-state index contributed by atoms with van der Waals surface area (Å²) < 4.78 is 1.49. The minimum Gasteiger partial charge on any atom is -0.321 e. The standard InChI is InChI=1S/C13H10Br2N2O/c1-8-2-3-10(14)11(6-8)17-13(18)9-4-5-16-12(15)7-9/h2-7H,1H3,(H,17,18). The second-order valence-electron chi connectivity index (χ2n) is 3.80. The van der Waals surface area contributed by atoms with Crippen molar-refractivity contribution in [1.29, 1.82) is 0 Å². The lowest BCUT2D eigenvalue weighted by Crippen LogP contribution is -2.12. The van der Waals surface area contributed by atoms with Crippen LogP contribution in [-0.2, 0) is 0 Å².